The van der Waals surface area contributed by atoms with E-state index in [0.29, 0.717) is 5.69 Å². The molecule has 3 aromatic rings. The van der Waals surface area contributed by atoms with E-state index in [1.165, 1.54) is 0 Å². The highest BCUT2D eigenvalue weighted by Gasteiger charge is 2.07. The molecule has 0 N–H and O–H groups in total. The highest BCUT2D eigenvalue weighted by atomic mass is 32.1. The van der Waals surface area contributed by atoms with Gasteiger partial charge in [0.2, 0.25) is 6.08 Å². The minimum absolute atomic E-state index is 0.577. The Morgan fingerprint density at radius 1 is 1.15 bits per heavy atom. The standard InChI is InChI=1S/C15H9N3OS/c19-10-17-13-5-1-3-11(7-13)14-9-20-15(18-14)12-4-2-6-16-8-12/h1-9H. The lowest BCUT2D eigenvalue weighted by Gasteiger charge is -1.97. The maximum atomic E-state index is 10.3. The largest absolute Gasteiger partial charge is 0.264 e. The Morgan fingerprint density at radius 3 is 2.85 bits per heavy atom. The molecule has 0 saturated heterocycles. The van der Waals surface area contributed by atoms with E-state index in [2.05, 4.69) is 15.0 Å². The van der Waals surface area contributed by atoms with Gasteiger partial charge in [-0.05, 0) is 24.3 Å². The Hall–Kier alpha value is -2.62. The molecular weight excluding hydrogens is 270 g/mol. The first-order valence-corrected chi connectivity index (χ1v) is 6.79. The van der Waals surface area contributed by atoms with Crippen LogP contribution in [0.1, 0.15) is 0 Å². The van der Waals surface area contributed by atoms with Gasteiger partial charge in [0.05, 0.1) is 11.4 Å². The van der Waals surface area contributed by atoms with Crippen molar-refractivity contribution < 1.29 is 4.79 Å². The van der Waals surface area contributed by atoms with Gasteiger partial charge in [-0.2, -0.15) is 4.99 Å². The summed E-state index contributed by atoms with van der Waals surface area (Å²) in [5.74, 6) is 0. The smallest absolute Gasteiger partial charge is 0.240 e. The molecule has 0 spiro atoms. The minimum Gasteiger partial charge on any atom is -0.264 e. The molecule has 20 heavy (non-hydrogen) atoms. The van der Waals surface area contributed by atoms with Crippen molar-refractivity contribution in [1.82, 2.24) is 9.97 Å². The van der Waals surface area contributed by atoms with Crippen molar-refractivity contribution >= 4 is 23.1 Å². The Bertz CT molecular complexity index is 777. The van der Waals surface area contributed by atoms with Crippen LogP contribution in [0.4, 0.5) is 5.69 Å². The fourth-order valence-corrected chi connectivity index (χ4v) is 2.64. The Kier molecular flexibility index (Phi) is 3.46. The minimum atomic E-state index is 0.577. The molecule has 0 aliphatic rings. The van der Waals surface area contributed by atoms with E-state index < -0.39 is 0 Å². The summed E-state index contributed by atoms with van der Waals surface area (Å²) < 4.78 is 0. The molecule has 0 unspecified atom stereocenters. The van der Waals surface area contributed by atoms with Gasteiger partial charge in [0.25, 0.3) is 0 Å². The molecule has 0 aliphatic carbocycles. The van der Waals surface area contributed by atoms with E-state index in [4.69, 9.17) is 0 Å². The summed E-state index contributed by atoms with van der Waals surface area (Å²) in [6, 6.07) is 11.2. The van der Waals surface area contributed by atoms with Gasteiger partial charge < -0.3 is 0 Å². The summed E-state index contributed by atoms with van der Waals surface area (Å²) in [6.07, 6.45) is 5.07. The Morgan fingerprint density at radius 2 is 2.05 bits per heavy atom. The average molecular weight is 279 g/mol. The molecule has 3 rings (SSSR count). The van der Waals surface area contributed by atoms with Gasteiger partial charge in [-0.1, -0.05) is 12.1 Å². The maximum Gasteiger partial charge on any atom is 0.240 e. The summed E-state index contributed by atoms with van der Waals surface area (Å²) in [7, 11) is 0. The van der Waals surface area contributed by atoms with Gasteiger partial charge in [0.15, 0.2) is 0 Å². The third kappa shape index (κ3) is 2.54. The molecule has 0 aliphatic heterocycles. The summed E-state index contributed by atoms with van der Waals surface area (Å²) in [5.41, 5.74) is 3.35. The van der Waals surface area contributed by atoms with Crippen LogP contribution < -0.4 is 0 Å². The molecular formula is C15H9N3OS. The zero-order chi connectivity index (χ0) is 13.8. The fourth-order valence-electron chi connectivity index (χ4n) is 1.82. The number of hydrogen-bond donors (Lipinski definition) is 0. The highest BCUT2D eigenvalue weighted by Crippen LogP contribution is 2.29. The molecule has 0 radical (unpaired) electrons. The van der Waals surface area contributed by atoms with Gasteiger partial charge in [-0.15, -0.1) is 11.3 Å². The topological polar surface area (TPSA) is 55.2 Å². The Balaban J connectivity index is 1.98. The molecule has 5 heteroatoms. The number of nitrogens with zero attached hydrogens (tertiary/aromatic N) is 3. The fraction of sp³-hybridized carbons (Fsp3) is 0. The quantitative estimate of drug-likeness (QED) is 0.540. The van der Waals surface area contributed by atoms with Gasteiger partial charge in [0, 0.05) is 28.9 Å². The lowest BCUT2D eigenvalue weighted by atomic mass is 10.1. The van der Waals surface area contributed by atoms with Crippen LogP contribution in [0, 0.1) is 0 Å². The molecule has 0 saturated carbocycles. The summed E-state index contributed by atoms with van der Waals surface area (Å²) in [6.45, 7) is 0. The number of rotatable bonds is 3. The first-order chi connectivity index (χ1) is 9.86. The predicted octanol–water partition coefficient (Wildman–Crippen LogP) is 3.84. The van der Waals surface area contributed by atoms with E-state index in [-0.39, 0.29) is 0 Å². The lowest BCUT2D eigenvalue weighted by Crippen LogP contribution is -1.80. The SMILES string of the molecule is O=C=Nc1cccc(-c2csc(-c3cccnc3)n2)c1. The molecule has 1 aromatic carbocycles. The van der Waals surface area contributed by atoms with Crippen LogP contribution in [0.15, 0.2) is 59.2 Å². The number of thiazole rings is 1. The molecule has 0 amide bonds. The van der Waals surface area contributed by atoms with Crippen LogP contribution >= 0.6 is 11.3 Å². The van der Waals surface area contributed by atoms with Crippen LogP contribution in [-0.4, -0.2) is 16.0 Å². The van der Waals surface area contributed by atoms with Gasteiger partial charge in [0.1, 0.15) is 5.01 Å². The van der Waals surface area contributed by atoms with E-state index in [0.717, 1.165) is 21.8 Å². The van der Waals surface area contributed by atoms with Crippen LogP contribution in [0.25, 0.3) is 21.8 Å². The maximum absolute atomic E-state index is 10.3. The van der Waals surface area contributed by atoms with E-state index in [1.54, 1.807) is 35.9 Å². The van der Waals surface area contributed by atoms with E-state index >= 15 is 0 Å². The molecule has 0 bridgehead atoms. The highest BCUT2D eigenvalue weighted by molar-refractivity contribution is 7.13. The normalized spacial score (nSPS) is 10.0. The molecule has 0 fully saturated rings. The third-order valence-electron chi connectivity index (χ3n) is 2.73. The Labute approximate surface area is 119 Å². The van der Waals surface area contributed by atoms with E-state index in [1.807, 2.05) is 35.7 Å². The second-order valence-corrected chi connectivity index (χ2v) is 4.89. The van der Waals surface area contributed by atoms with Crippen LogP contribution in [0.5, 0.6) is 0 Å². The summed E-state index contributed by atoms with van der Waals surface area (Å²) in [4.78, 5) is 22.6. The van der Waals surface area contributed by atoms with E-state index in [9.17, 15) is 4.79 Å². The number of pyridine rings is 1. The molecule has 2 heterocycles. The molecule has 96 valence electrons. The second kappa shape index (κ2) is 5.57. The van der Waals surface area contributed by atoms with Crippen LogP contribution in [0.2, 0.25) is 0 Å². The van der Waals surface area contributed by atoms with Crippen molar-refractivity contribution in [3.63, 3.8) is 0 Å². The number of aliphatic imine (C=N–C) groups is 1. The van der Waals surface area contributed by atoms with Crippen molar-refractivity contribution in [3.8, 4) is 21.8 Å². The number of aromatic nitrogens is 2. The molecule has 0 atom stereocenters. The average Bonchev–Trinajstić information content (AvgIpc) is 2.99. The van der Waals surface area contributed by atoms with Gasteiger partial charge in [-0.3, -0.25) is 4.98 Å². The van der Waals surface area contributed by atoms with Crippen LogP contribution in [-0.2, 0) is 4.79 Å². The van der Waals surface area contributed by atoms with Crippen LogP contribution in [0.3, 0.4) is 0 Å². The number of carbonyl (C=O) groups excluding carboxylic acids is 1. The lowest BCUT2D eigenvalue weighted by molar-refractivity contribution is 0.565. The number of benzene rings is 1. The number of hydrogen-bond acceptors (Lipinski definition) is 5. The van der Waals surface area contributed by atoms with Crippen molar-refractivity contribution in [1.29, 1.82) is 0 Å². The van der Waals surface area contributed by atoms with Crippen molar-refractivity contribution in [2.75, 3.05) is 0 Å². The van der Waals surface area contributed by atoms with Crippen molar-refractivity contribution in [2.24, 2.45) is 4.99 Å². The zero-order valence-corrected chi connectivity index (χ0v) is 11.2. The zero-order valence-electron chi connectivity index (χ0n) is 10.4. The second-order valence-electron chi connectivity index (χ2n) is 4.03. The third-order valence-corrected chi connectivity index (χ3v) is 3.62. The monoisotopic (exact) mass is 279 g/mol. The summed E-state index contributed by atoms with van der Waals surface area (Å²) in [5, 5.41) is 2.89. The van der Waals surface area contributed by atoms with Crippen molar-refractivity contribution in [3.05, 3.63) is 54.2 Å². The molecule has 2 aromatic heterocycles. The summed E-state index contributed by atoms with van der Waals surface area (Å²) >= 11 is 1.56. The first kappa shape index (κ1) is 12.4. The first-order valence-electron chi connectivity index (χ1n) is 5.91. The van der Waals surface area contributed by atoms with Gasteiger partial charge >= 0.3 is 0 Å². The molecule has 4 nitrogen and oxygen atoms in total. The number of isocyanates is 1. The van der Waals surface area contributed by atoms with Crippen molar-refractivity contribution in [2.45, 2.75) is 0 Å². The van der Waals surface area contributed by atoms with Gasteiger partial charge in [-0.25, -0.2) is 9.78 Å². The predicted molar refractivity (Wildman–Crippen MR) is 78.6 cm³/mol.